The Kier molecular flexibility index (Phi) is 6.03. The fourth-order valence-corrected chi connectivity index (χ4v) is 6.96. The van der Waals surface area contributed by atoms with Crippen molar-refractivity contribution in [2.45, 2.75) is 70.6 Å². The van der Waals surface area contributed by atoms with E-state index >= 15 is 0 Å². The summed E-state index contributed by atoms with van der Waals surface area (Å²) in [5.74, 6) is 1.66. The van der Waals surface area contributed by atoms with Gasteiger partial charge in [-0.25, -0.2) is 4.98 Å². The van der Waals surface area contributed by atoms with Gasteiger partial charge in [0.2, 0.25) is 5.91 Å². The van der Waals surface area contributed by atoms with Gasteiger partial charge in [-0.2, -0.15) is 0 Å². The highest BCUT2D eigenvalue weighted by molar-refractivity contribution is 6.48. The Hall–Kier alpha value is -2.98. The summed E-state index contributed by atoms with van der Waals surface area (Å²) in [5.41, 5.74) is -0.205. The van der Waals surface area contributed by atoms with Crippen LogP contribution in [0.1, 0.15) is 57.5 Å². The van der Waals surface area contributed by atoms with Crippen molar-refractivity contribution in [3.05, 3.63) is 69.8 Å². The molecule has 9 nitrogen and oxygen atoms in total. The van der Waals surface area contributed by atoms with E-state index in [1.807, 2.05) is 0 Å². The van der Waals surface area contributed by atoms with Gasteiger partial charge in [0.05, 0.1) is 24.4 Å². The van der Waals surface area contributed by atoms with E-state index in [4.69, 9.17) is 25.3 Å². The minimum atomic E-state index is -0.722. The molecule has 200 valence electrons. The molecular formula is C27H32BClN4O5. The Morgan fingerprint density at radius 1 is 1.42 bits per heavy atom. The summed E-state index contributed by atoms with van der Waals surface area (Å²) < 4.78 is 19.6. The molecule has 2 bridgehead atoms. The highest BCUT2D eigenvalue weighted by atomic mass is 35.5. The first-order chi connectivity index (χ1) is 18.1. The van der Waals surface area contributed by atoms with E-state index in [0.29, 0.717) is 42.6 Å². The SMILES string of the molecule is C=CC[C@H](NC(=O)[C@@H]1CCc2c(Cl)nc(NCc3ccco3)c(=O)n21)B1OC2=CC3CC(C2(C)O1)C3(C)C. The van der Waals surface area contributed by atoms with Gasteiger partial charge in [-0.3, -0.25) is 14.2 Å². The third-order valence-corrected chi connectivity index (χ3v) is 9.27. The summed E-state index contributed by atoms with van der Waals surface area (Å²) >= 11 is 6.44. The van der Waals surface area contributed by atoms with Crippen molar-refractivity contribution in [1.29, 1.82) is 0 Å². The normalized spacial score (nSPS) is 28.9. The second-order valence-electron chi connectivity index (χ2n) is 11.5. The highest BCUT2D eigenvalue weighted by Gasteiger charge is 2.66. The Morgan fingerprint density at radius 2 is 2.24 bits per heavy atom. The van der Waals surface area contributed by atoms with Gasteiger partial charge in [0.15, 0.2) is 11.0 Å². The lowest BCUT2D eigenvalue weighted by atomic mass is 9.46. The van der Waals surface area contributed by atoms with Gasteiger partial charge in [-0.15, -0.1) is 6.58 Å². The Labute approximate surface area is 226 Å². The number of allylic oxidation sites excluding steroid dienone is 1. The Bertz CT molecular complexity index is 1370. The molecule has 2 aromatic heterocycles. The molecule has 5 atom stereocenters. The smallest absolute Gasteiger partial charge is 0.536 e. The molecule has 0 aromatic carbocycles. The molecule has 1 amide bonds. The largest absolute Gasteiger partial charge is 0.550 e. The fraction of sp³-hybridized carbons (Fsp3) is 0.519. The van der Waals surface area contributed by atoms with Crippen molar-refractivity contribution < 1.29 is 18.5 Å². The number of fused-ring (bicyclic) bond motifs is 1. The summed E-state index contributed by atoms with van der Waals surface area (Å²) in [7, 11) is -0.646. The molecule has 3 unspecified atom stereocenters. The lowest BCUT2D eigenvalue weighted by Gasteiger charge is -2.60. The summed E-state index contributed by atoms with van der Waals surface area (Å²) in [6.45, 7) is 10.8. The molecule has 11 heteroatoms. The lowest BCUT2D eigenvalue weighted by Crippen LogP contribution is -2.59. The first-order valence-electron chi connectivity index (χ1n) is 13.2. The van der Waals surface area contributed by atoms with E-state index in [-0.39, 0.29) is 28.8 Å². The maximum Gasteiger partial charge on any atom is 0.550 e. The number of nitrogens with zero attached hydrogens (tertiary/aromatic N) is 2. The van der Waals surface area contributed by atoms with Crippen LogP contribution in [-0.4, -0.2) is 34.1 Å². The average molecular weight is 539 g/mol. The molecule has 1 saturated carbocycles. The van der Waals surface area contributed by atoms with Gasteiger partial charge in [-0.1, -0.05) is 31.5 Å². The number of carbonyl (C=O) groups excluding carboxylic acids is 1. The van der Waals surface area contributed by atoms with E-state index < -0.39 is 30.3 Å². The number of anilines is 1. The first kappa shape index (κ1) is 25.3. The minimum Gasteiger partial charge on any atom is -0.536 e. The third-order valence-electron chi connectivity index (χ3n) is 8.97. The minimum absolute atomic E-state index is 0.0745. The standard InChI is InChI=1S/C27H32BClN4O5/c1-5-7-21(28-37-20-13-15-12-19(26(15,2)3)27(20,4)38-28)31-24(34)18-10-9-17-22(29)32-23(25(35)33(17)18)30-14-16-8-6-11-36-16/h5-6,8,11,13,15,18-19,21H,1,7,9-10,12,14H2,2-4H3,(H,30,32)(H,31,34)/t15?,18-,19?,21-,27?/m0/s1. The maximum atomic E-state index is 13.6. The van der Waals surface area contributed by atoms with E-state index in [0.717, 1.165) is 12.2 Å². The highest BCUT2D eigenvalue weighted by Crippen LogP contribution is 2.64. The average Bonchev–Trinajstić information content (AvgIpc) is 3.62. The van der Waals surface area contributed by atoms with E-state index in [1.54, 1.807) is 24.5 Å². The van der Waals surface area contributed by atoms with Crippen LogP contribution in [0.15, 0.2) is 52.1 Å². The van der Waals surface area contributed by atoms with E-state index in [9.17, 15) is 9.59 Å². The molecule has 5 aliphatic rings. The second kappa shape index (κ2) is 9.05. The number of hydrogen-bond acceptors (Lipinski definition) is 7. The van der Waals surface area contributed by atoms with Crippen LogP contribution in [-0.2, 0) is 27.1 Å². The summed E-state index contributed by atoms with van der Waals surface area (Å²) in [4.78, 5) is 31.2. The van der Waals surface area contributed by atoms with Gasteiger partial charge in [0.1, 0.15) is 23.2 Å². The quantitative estimate of drug-likeness (QED) is 0.386. The van der Waals surface area contributed by atoms with Crippen molar-refractivity contribution in [3.8, 4) is 0 Å². The molecule has 0 radical (unpaired) electrons. The summed E-state index contributed by atoms with van der Waals surface area (Å²) in [5, 5.41) is 6.28. The molecule has 7 rings (SSSR count). The number of nitrogens with one attached hydrogen (secondary N) is 2. The number of furan rings is 1. The van der Waals surface area contributed by atoms with Crippen LogP contribution in [0.4, 0.5) is 5.82 Å². The zero-order chi connectivity index (χ0) is 26.8. The Morgan fingerprint density at radius 3 is 2.95 bits per heavy atom. The molecule has 1 saturated heterocycles. The number of amides is 1. The van der Waals surface area contributed by atoms with Crippen molar-refractivity contribution in [3.63, 3.8) is 0 Å². The second-order valence-corrected chi connectivity index (χ2v) is 11.8. The molecule has 38 heavy (non-hydrogen) atoms. The molecule has 0 spiro atoms. The molecule has 3 aliphatic carbocycles. The van der Waals surface area contributed by atoms with E-state index in [1.165, 1.54) is 4.57 Å². The zero-order valence-electron chi connectivity index (χ0n) is 21.8. The van der Waals surface area contributed by atoms with Gasteiger partial charge in [0, 0.05) is 0 Å². The van der Waals surface area contributed by atoms with E-state index in [2.05, 4.69) is 49.0 Å². The summed E-state index contributed by atoms with van der Waals surface area (Å²) in [6.07, 6.45) is 7.95. The zero-order valence-corrected chi connectivity index (χ0v) is 22.6. The monoisotopic (exact) mass is 538 g/mol. The third kappa shape index (κ3) is 3.83. The van der Waals surface area contributed by atoms with Gasteiger partial charge < -0.3 is 24.4 Å². The number of carbonyl (C=O) groups is 1. The van der Waals surface area contributed by atoms with Crippen molar-refractivity contribution >= 4 is 30.4 Å². The predicted octanol–water partition coefficient (Wildman–Crippen LogP) is 4.04. The van der Waals surface area contributed by atoms with Crippen molar-refractivity contribution in [2.75, 3.05) is 5.32 Å². The van der Waals surface area contributed by atoms with Crippen LogP contribution < -0.4 is 16.2 Å². The molecule has 2 fully saturated rings. The van der Waals surface area contributed by atoms with Crippen LogP contribution >= 0.6 is 11.6 Å². The fourth-order valence-electron chi connectivity index (χ4n) is 6.69. The predicted molar refractivity (Wildman–Crippen MR) is 143 cm³/mol. The molecule has 4 heterocycles. The van der Waals surface area contributed by atoms with Crippen molar-refractivity contribution in [1.82, 2.24) is 14.9 Å². The van der Waals surface area contributed by atoms with Gasteiger partial charge in [0.25, 0.3) is 5.56 Å². The summed E-state index contributed by atoms with van der Waals surface area (Å²) in [6, 6.07) is 2.83. The lowest BCUT2D eigenvalue weighted by molar-refractivity contribution is -0.125. The van der Waals surface area contributed by atoms with Crippen LogP contribution in [0.3, 0.4) is 0 Å². The topological polar surface area (TPSA) is 108 Å². The number of rotatable bonds is 8. The van der Waals surface area contributed by atoms with Crippen LogP contribution in [0, 0.1) is 17.3 Å². The first-order valence-corrected chi connectivity index (χ1v) is 13.6. The van der Waals surface area contributed by atoms with Crippen LogP contribution in [0.2, 0.25) is 5.15 Å². The number of hydrogen-bond donors (Lipinski definition) is 2. The maximum absolute atomic E-state index is 13.6. The number of halogens is 1. The molecule has 2 N–H and O–H groups in total. The molecular weight excluding hydrogens is 507 g/mol. The van der Waals surface area contributed by atoms with Gasteiger partial charge >= 0.3 is 7.12 Å². The Balaban J connectivity index is 1.21. The number of aromatic nitrogens is 2. The van der Waals surface area contributed by atoms with Crippen LogP contribution in [0.25, 0.3) is 0 Å². The van der Waals surface area contributed by atoms with Crippen LogP contribution in [0.5, 0.6) is 0 Å². The van der Waals surface area contributed by atoms with Gasteiger partial charge in [-0.05, 0) is 68.1 Å². The van der Waals surface area contributed by atoms with Crippen molar-refractivity contribution in [2.24, 2.45) is 17.3 Å². The molecule has 2 aliphatic heterocycles. The molecule has 2 aromatic rings.